The zero-order valence-corrected chi connectivity index (χ0v) is 11.3. The minimum atomic E-state index is -0.957. The molecule has 0 saturated carbocycles. The van der Waals surface area contributed by atoms with E-state index in [1.165, 1.54) is 6.08 Å². The van der Waals surface area contributed by atoms with Crippen molar-refractivity contribution in [1.82, 2.24) is 0 Å². The van der Waals surface area contributed by atoms with E-state index in [4.69, 9.17) is 9.84 Å². The third kappa shape index (κ3) is 3.57. The molecule has 0 bridgehead atoms. The van der Waals surface area contributed by atoms with Crippen LogP contribution in [0, 0.1) is 0 Å². The number of rotatable bonds is 5. The highest BCUT2D eigenvalue weighted by Crippen LogP contribution is 2.20. The molecule has 0 atom stereocenters. The molecule has 2 rings (SSSR count). The molecule has 0 radical (unpaired) electrons. The zero-order valence-electron chi connectivity index (χ0n) is 11.3. The van der Waals surface area contributed by atoms with E-state index in [1.807, 2.05) is 0 Å². The van der Waals surface area contributed by atoms with E-state index in [2.05, 4.69) is 6.58 Å². The summed E-state index contributed by atoms with van der Waals surface area (Å²) in [6.45, 7) is 3.66. The normalized spacial score (nSPS) is 9.90. The number of carbonyl (C=O) groups is 2. The molecule has 0 fully saturated rings. The maximum atomic E-state index is 11.6. The maximum Gasteiger partial charge on any atom is 0.338 e. The fourth-order valence-corrected chi connectivity index (χ4v) is 1.82. The Morgan fingerprint density at radius 1 is 0.952 bits per heavy atom. The van der Waals surface area contributed by atoms with Crippen molar-refractivity contribution in [3.8, 4) is 11.1 Å². The van der Waals surface area contributed by atoms with Gasteiger partial charge in [-0.15, -0.1) is 0 Å². The Morgan fingerprint density at radius 3 is 1.86 bits per heavy atom. The minimum Gasteiger partial charge on any atom is -0.478 e. The highest BCUT2D eigenvalue weighted by atomic mass is 16.5. The first-order valence-corrected chi connectivity index (χ1v) is 6.33. The maximum absolute atomic E-state index is 11.6. The van der Waals surface area contributed by atoms with E-state index >= 15 is 0 Å². The van der Waals surface area contributed by atoms with E-state index in [0.29, 0.717) is 5.56 Å². The van der Waals surface area contributed by atoms with E-state index in [0.717, 1.165) is 11.1 Å². The lowest BCUT2D eigenvalue weighted by Gasteiger charge is -2.05. The van der Waals surface area contributed by atoms with Crippen molar-refractivity contribution in [3.05, 3.63) is 72.3 Å². The van der Waals surface area contributed by atoms with Gasteiger partial charge in [-0.2, -0.15) is 0 Å². The quantitative estimate of drug-likeness (QED) is 0.674. The van der Waals surface area contributed by atoms with E-state index in [-0.39, 0.29) is 12.2 Å². The van der Waals surface area contributed by atoms with Gasteiger partial charge in [-0.05, 0) is 35.4 Å². The van der Waals surface area contributed by atoms with Crippen molar-refractivity contribution >= 4 is 11.9 Å². The van der Waals surface area contributed by atoms with Gasteiger partial charge >= 0.3 is 11.9 Å². The third-order valence-electron chi connectivity index (χ3n) is 2.92. The molecule has 0 spiro atoms. The minimum absolute atomic E-state index is 0.178. The Bertz CT molecular complexity index is 654. The molecule has 0 saturated heterocycles. The number of carboxylic acid groups (broad SMARTS) is 1. The zero-order chi connectivity index (χ0) is 15.2. The molecule has 0 aliphatic carbocycles. The number of hydrogen-bond acceptors (Lipinski definition) is 3. The fraction of sp³-hybridized carbons (Fsp3) is 0.0588. The molecule has 4 heteroatoms. The standard InChI is InChI=1S/C17H14O4/c1-2-11-21-17(20)15-9-5-13(6-10-15)12-3-7-14(8-4-12)16(18)19/h2-10H,1,11H2,(H,18,19). The number of hydrogen-bond donors (Lipinski definition) is 1. The number of carboxylic acids is 1. The summed E-state index contributed by atoms with van der Waals surface area (Å²) < 4.78 is 4.94. The summed E-state index contributed by atoms with van der Waals surface area (Å²) in [7, 11) is 0. The fourth-order valence-electron chi connectivity index (χ4n) is 1.82. The van der Waals surface area contributed by atoms with Crippen molar-refractivity contribution in [3.63, 3.8) is 0 Å². The lowest BCUT2D eigenvalue weighted by atomic mass is 10.0. The summed E-state index contributed by atoms with van der Waals surface area (Å²) in [6, 6.07) is 13.5. The van der Waals surface area contributed by atoms with Gasteiger partial charge < -0.3 is 9.84 Å². The van der Waals surface area contributed by atoms with Crippen LogP contribution in [-0.4, -0.2) is 23.7 Å². The second-order valence-corrected chi connectivity index (χ2v) is 4.35. The molecule has 0 aromatic heterocycles. The highest BCUT2D eigenvalue weighted by Gasteiger charge is 2.07. The summed E-state index contributed by atoms with van der Waals surface area (Å²) >= 11 is 0. The second-order valence-electron chi connectivity index (χ2n) is 4.35. The van der Waals surface area contributed by atoms with Gasteiger partial charge in [0, 0.05) is 0 Å². The van der Waals surface area contributed by atoms with E-state index in [9.17, 15) is 9.59 Å². The first kappa shape index (κ1) is 14.5. The van der Waals surface area contributed by atoms with Crippen LogP contribution >= 0.6 is 0 Å². The van der Waals surface area contributed by atoms with Crippen LogP contribution in [0.4, 0.5) is 0 Å². The third-order valence-corrected chi connectivity index (χ3v) is 2.92. The molecule has 0 amide bonds. The Kier molecular flexibility index (Phi) is 4.51. The topological polar surface area (TPSA) is 63.6 Å². The summed E-state index contributed by atoms with van der Waals surface area (Å²) in [5.41, 5.74) is 2.48. The SMILES string of the molecule is C=CCOC(=O)c1ccc(-c2ccc(C(=O)O)cc2)cc1. The highest BCUT2D eigenvalue weighted by molar-refractivity contribution is 5.90. The van der Waals surface area contributed by atoms with Crippen LogP contribution in [-0.2, 0) is 4.74 Å². The van der Waals surface area contributed by atoms with Crippen molar-refractivity contribution in [2.75, 3.05) is 6.61 Å². The summed E-state index contributed by atoms with van der Waals surface area (Å²) in [4.78, 5) is 22.4. The molecule has 0 unspecified atom stereocenters. The van der Waals surface area contributed by atoms with Crippen LogP contribution < -0.4 is 0 Å². The Morgan fingerprint density at radius 2 is 1.43 bits per heavy atom. The van der Waals surface area contributed by atoms with Gasteiger partial charge in [-0.25, -0.2) is 9.59 Å². The van der Waals surface area contributed by atoms with Gasteiger partial charge in [-0.3, -0.25) is 0 Å². The Balaban J connectivity index is 2.16. The number of ether oxygens (including phenoxy) is 1. The second kappa shape index (κ2) is 6.52. The van der Waals surface area contributed by atoms with Crippen molar-refractivity contribution in [2.45, 2.75) is 0 Å². The van der Waals surface area contributed by atoms with Crippen molar-refractivity contribution in [2.24, 2.45) is 0 Å². The van der Waals surface area contributed by atoms with Crippen molar-refractivity contribution in [1.29, 1.82) is 0 Å². The van der Waals surface area contributed by atoms with Gasteiger partial charge in [0.05, 0.1) is 11.1 Å². The summed E-state index contributed by atoms with van der Waals surface area (Å²) in [6.07, 6.45) is 1.51. The molecule has 1 N–H and O–H groups in total. The van der Waals surface area contributed by atoms with Gasteiger partial charge in [0.2, 0.25) is 0 Å². The lowest BCUT2D eigenvalue weighted by molar-refractivity contribution is 0.0549. The molecule has 4 nitrogen and oxygen atoms in total. The van der Waals surface area contributed by atoms with Crippen molar-refractivity contribution < 1.29 is 19.4 Å². The Hall–Kier alpha value is -2.88. The molecule has 106 valence electrons. The smallest absolute Gasteiger partial charge is 0.338 e. The number of carbonyl (C=O) groups excluding carboxylic acids is 1. The predicted molar refractivity (Wildman–Crippen MR) is 79.3 cm³/mol. The average Bonchev–Trinajstić information content (AvgIpc) is 2.53. The molecular formula is C17H14O4. The van der Waals surface area contributed by atoms with Gasteiger partial charge in [-0.1, -0.05) is 36.9 Å². The average molecular weight is 282 g/mol. The molecule has 21 heavy (non-hydrogen) atoms. The van der Waals surface area contributed by atoms with Crippen LogP contribution in [0.3, 0.4) is 0 Å². The van der Waals surface area contributed by atoms with E-state index in [1.54, 1.807) is 48.5 Å². The van der Waals surface area contributed by atoms with Crippen LogP contribution in [0.5, 0.6) is 0 Å². The van der Waals surface area contributed by atoms with Crippen LogP contribution in [0.1, 0.15) is 20.7 Å². The lowest BCUT2D eigenvalue weighted by Crippen LogP contribution is -2.04. The largest absolute Gasteiger partial charge is 0.478 e. The molecular weight excluding hydrogens is 268 g/mol. The number of benzene rings is 2. The Labute approximate surface area is 122 Å². The number of esters is 1. The molecule has 0 aliphatic heterocycles. The summed E-state index contributed by atoms with van der Waals surface area (Å²) in [5.74, 6) is -1.36. The summed E-state index contributed by atoms with van der Waals surface area (Å²) in [5, 5.41) is 8.86. The first-order valence-electron chi connectivity index (χ1n) is 6.33. The molecule has 2 aromatic rings. The van der Waals surface area contributed by atoms with Gasteiger partial charge in [0.25, 0.3) is 0 Å². The monoisotopic (exact) mass is 282 g/mol. The molecule has 2 aromatic carbocycles. The van der Waals surface area contributed by atoms with Gasteiger partial charge in [0.15, 0.2) is 0 Å². The van der Waals surface area contributed by atoms with Gasteiger partial charge in [0.1, 0.15) is 6.61 Å². The van der Waals surface area contributed by atoms with Crippen LogP contribution in [0.15, 0.2) is 61.2 Å². The predicted octanol–water partition coefficient (Wildman–Crippen LogP) is 3.39. The molecule has 0 heterocycles. The molecule has 0 aliphatic rings. The van der Waals surface area contributed by atoms with Crippen LogP contribution in [0.25, 0.3) is 11.1 Å². The number of aromatic carboxylic acids is 1. The van der Waals surface area contributed by atoms with E-state index < -0.39 is 11.9 Å². The van der Waals surface area contributed by atoms with Crippen LogP contribution in [0.2, 0.25) is 0 Å². The first-order chi connectivity index (χ1) is 10.1.